The van der Waals surface area contributed by atoms with Gasteiger partial charge in [-0.15, -0.1) is 16.9 Å². The molecule has 6 N–H and O–H groups in total. The van der Waals surface area contributed by atoms with E-state index in [1.54, 1.807) is 43.2 Å². The first-order valence-corrected chi connectivity index (χ1v) is 21.0. The molecule has 0 radical (unpaired) electrons. The molecule has 10 rings (SSSR count). The molecule has 0 unspecified atom stereocenters. The molecular formula is C50H94N18O2S. The fraction of sp³-hybridized carbons (Fsp3) is 0.500. The van der Waals surface area contributed by atoms with Crippen LogP contribution in [-0.4, -0.2) is 109 Å². The third kappa shape index (κ3) is 39.6. The number of aryl methyl sites for hydroxylation is 7. The second-order valence-electron chi connectivity index (χ2n) is 13.2. The maximum absolute atomic E-state index is 5.26. The third-order valence-electron chi connectivity index (χ3n) is 7.66. The summed E-state index contributed by atoms with van der Waals surface area (Å²) < 4.78 is 11.5. The lowest BCUT2D eigenvalue weighted by molar-refractivity contribution is 0.395. The summed E-state index contributed by atoms with van der Waals surface area (Å²) in [6, 6.07) is 15.4. The number of aromatic nitrogens is 12. The van der Waals surface area contributed by atoms with Crippen LogP contribution in [-0.2, 0) is 7.05 Å². The van der Waals surface area contributed by atoms with Crippen LogP contribution in [0.4, 0.5) is 11.9 Å². The summed E-state index contributed by atoms with van der Waals surface area (Å²) in [5, 5.41) is 17.6. The van der Waals surface area contributed by atoms with Gasteiger partial charge in [0.1, 0.15) is 29.3 Å². The molecule has 7 aromatic rings. The smallest absolute Gasteiger partial charge is 0.260 e. The molecule has 0 saturated carbocycles. The van der Waals surface area contributed by atoms with Crippen LogP contribution in [0.15, 0.2) is 97.4 Å². The van der Waals surface area contributed by atoms with Gasteiger partial charge >= 0.3 is 0 Å². The van der Waals surface area contributed by atoms with Crippen LogP contribution in [0, 0.1) is 41.5 Å². The van der Waals surface area contributed by atoms with Crippen molar-refractivity contribution in [2.45, 2.75) is 135 Å². The minimum atomic E-state index is 0. The number of amidine groups is 1. The zero-order chi connectivity index (χ0) is 46.2. The number of hydrogen-bond donors (Lipinski definition) is 4. The van der Waals surface area contributed by atoms with E-state index in [1.807, 2.05) is 95.9 Å². The van der Waals surface area contributed by atoms with Crippen LogP contribution in [0.2, 0.25) is 0 Å². The third-order valence-corrected chi connectivity index (χ3v) is 8.59. The first-order chi connectivity index (χ1) is 30.2. The Morgan fingerprint density at radius 3 is 1.55 bits per heavy atom. The zero-order valence-electron chi connectivity index (χ0n) is 38.0. The Morgan fingerprint density at radius 2 is 1.30 bits per heavy atom. The van der Waals surface area contributed by atoms with Crippen molar-refractivity contribution >= 4 is 51.3 Å². The molecule has 3 aliphatic heterocycles. The van der Waals surface area contributed by atoms with Gasteiger partial charge in [-0.2, -0.15) is 15.1 Å². The number of nitrogens with one attached hydrogen (secondary N) is 2. The summed E-state index contributed by atoms with van der Waals surface area (Å²) in [7, 11) is 1.86. The van der Waals surface area contributed by atoms with Crippen molar-refractivity contribution in [1.29, 1.82) is 0 Å². The average Bonchev–Trinajstić information content (AvgIpc) is 4.14. The largest absolute Gasteiger partial charge is 0.441 e. The normalized spacial score (nSPS) is 11.2. The molecule has 6 aromatic heterocycles. The second-order valence-corrected chi connectivity index (χ2v) is 14.5. The summed E-state index contributed by atoms with van der Waals surface area (Å²) >= 11 is 1.85. The zero-order valence-corrected chi connectivity index (χ0v) is 38.8. The van der Waals surface area contributed by atoms with E-state index in [9.17, 15) is 0 Å². The van der Waals surface area contributed by atoms with Gasteiger partial charge in [-0.05, 0) is 96.8 Å². The Balaban J connectivity index is -0.000000129. The van der Waals surface area contributed by atoms with Crippen molar-refractivity contribution in [3.63, 3.8) is 0 Å². The Labute approximate surface area is 432 Å². The molecule has 20 nitrogen and oxygen atoms in total. The number of aromatic amines is 1. The van der Waals surface area contributed by atoms with Crippen molar-refractivity contribution < 1.29 is 8.94 Å². The number of rotatable bonds is 0. The van der Waals surface area contributed by atoms with Crippen LogP contribution < -0.4 is 16.8 Å². The first kappa shape index (κ1) is 78.3. The van der Waals surface area contributed by atoms with Gasteiger partial charge in [0, 0.05) is 76.3 Å². The minimum absolute atomic E-state index is 0. The van der Waals surface area contributed by atoms with Crippen LogP contribution in [0.3, 0.4) is 0 Å². The number of anilines is 2. The van der Waals surface area contributed by atoms with Gasteiger partial charge < -0.3 is 25.7 Å². The number of aliphatic imine (C=N–C) groups is 3. The summed E-state index contributed by atoms with van der Waals surface area (Å²) in [6.07, 6.45) is 9.29. The van der Waals surface area contributed by atoms with E-state index in [1.165, 1.54) is 35.7 Å². The van der Waals surface area contributed by atoms with Gasteiger partial charge in [-0.3, -0.25) is 29.7 Å². The molecule has 0 fully saturated rings. The summed E-state index contributed by atoms with van der Waals surface area (Å²) in [6.45, 7) is 21.3. The molecule has 9 heterocycles. The minimum Gasteiger partial charge on any atom is -0.441 e. The number of nitrogens with zero attached hydrogens (tertiary/aromatic N) is 14. The van der Waals surface area contributed by atoms with E-state index >= 15 is 0 Å². The lowest BCUT2D eigenvalue weighted by atomic mass is 10.3. The molecule has 0 amide bonds. The Kier molecular flexibility index (Phi) is 51.6. The van der Waals surface area contributed by atoms with Crippen molar-refractivity contribution in [3.8, 4) is 0 Å². The molecule has 402 valence electrons. The highest BCUT2D eigenvalue weighted by Crippen LogP contribution is 2.13. The number of oxazole rings is 1. The van der Waals surface area contributed by atoms with Gasteiger partial charge in [0.15, 0.2) is 11.5 Å². The predicted molar refractivity (Wildman–Crippen MR) is 307 cm³/mol. The van der Waals surface area contributed by atoms with E-state index < -0.39 is 0 Å². The van der Waals surface area contributed by atoms with Crippen molar-refractivity contribution in [3.05, 3.63) is 108 Å². The first-order valence-electron chi connectivity index (χ1n) is 20.0. The Hall–Kier alpha value is -6.90. The summed E-state index contributed by atoms with van der Waals surface area (Å²) in [5.41, 5.74) is 14.4. The van der Waals surface area contributed by atoms with E-state index in [0.29, 0.717) is 11.8 Å². The molecule has 21 heteroatoms. The molecule has 0 spiro atoms. The number of nitrogens with two attached hydrogens (primary N) is 2. The molecule has 0 aliphatic carbocycles. The highest BCUT2D eigenvalue weighted by Gasteiger charge is 1.99. The van der Waals surface area contributed by atoms with Gasteiger partial charge in [-0.25, -0.2) is 19.9 Å². The molecular weight excluding hydrogens is 917 g/mol. The molecule has 0 bridgehead atoms. The number of para-hydroxylation sites is 2. The lowest BCUT2D eigenvalue weighted by Gasteiger charge is -1.85. The summed E-state index contributed by atoms with van der Waals surface area (Å²) in [5.74, 6) is 6.51. The van der Waals surface area contributed by atoms with Crippen molar-refractivity contribution in [2.24, 2.45) is 22.0 Å². The van der Waals surface area contributed by atoms with Gasteiger partial charge in [-0.1, -0.05) is 77.6 Å². The van der Waals surface area contributed by atoms with Crippen LogP contribution >= 0.6 is 11.8 Å². The molecule has 0 atom stereocenters. The number of fused-ring (bicyclic) bond motifs is 1. The SMILES string of the molecule is C.C.C.C.C.C.C.C.CC1=NCCC1.CC1=NCCN1.CC1=NCCS1.Cc1ccccn1.Cc1nc(N)n[nH]1.Cc1nc(N)no1.Cc1nc2ccccc2o1.Cc1ncccn1.Cc1ncnn1C. The number of pyridine rings is 1. The summed E-state index contributed by atoms with van der Waals surface area (Å²) in [4.78, 5) is 39.4. The fourth-order valence-electron chi connectivity index (χ4n) is 4.48. The monoisotopic (exact) mass is 1010 g/mol. The maximum Gasteiger partial charge on any atom is 0.260 e. The molecule has 1 aromatic carbocycles. The van der Waals surface area contributed by atoms with Crippen molar-refractivity contribution in [2.75, 3.05) is 43.4 Å². The molecule has 0 saturated heterocycles. The van der Waals surface area contributed by atoms with Crippen LogP contribution in [0.1, 0.15) is 128 Å². The number of hydrogen-bond acceptors (Lipinski definition) is 19. The number of thioether (sulfide) groups is 1. The van der Waals surface area contributed by atoms with Crippen LogP contribution in [0.25, 0.3) is 11.1 Å². The quantitative estimate of drug-likeness (QED) is 0.110. The van der Waals surface area contributed by atoms with E-state index in [2.05, 4.69) is 94.0 Å². The van der Waals surface area contributed by atoms with Crippen molar-refractivity contribution in [1.82, 2.24) is 65.3 Å². The van der Waals surface area contributed by atoms with E-state index in [-0.39, 0.29) is 65.4 Å². The number of benzene rings is 1. The second kappa shape index (κ2) is 46.8. The number of H-pyrrole nitrogens is 1. The van der Waals surface area contributed by atoms with Gasteiger partial charge in [0.25, 0.3) is 5.95 Å². The van der Waals surface area contributed by atoms with Gasteiger partial charge in [0.2, 0.25) is 11.8 Å². The lowest BCUT2D eigenvalue weighted by Crippen LogP contribution is -2.13. The Bertz CT molecular complexity index is 2130. The van der Waals surface area contributed by atoms with E-state index in [0.717, 1.165) is 72.2 Å². The number of nitrogen functional groups attached to an aromatic ring is 2. The highest BCUT2D eigenvalue weighted by molar-refractivity contribution is 8.14. The maximum atomic E-state index is 5.26. The molecule has 3 aliphatic rings. The van der Waals surface area contributed by atoms with E-state index in [4.69, 9.17) is 15.9 Å². The topological polar surface area (TPSA) is 277 Å². The standard InChI is InChI=1S/C8H7NO.C6H7N.C5H6N2.C5H9N.C4H7N3.C4H8N2.C4H7NS.C3H6N4.C3H5N3O.8CH4/c1-6-9-7-4-2-3-5-8(7)10-6;1-6-4-2-3-5-7-6;1-5-6-3-2-4-7-5;1-5-3-2-4-6-5;1-4-5-3-6-7(4)2;2*1-4-5-2-3-6-4;1-2-5-3(4)7-6-2;1-2-5-3(4)6-7-2;;;;;;;;/h2-5H,1H3;2-5H,1H3;2-4H,1H3;2-4H2,1H3;3H,1-2H3;2-3H2,1H3,(H,5,6);2-3H2,1H3;1H3,(H3,4,5,6,7);1H3,(H2,4,6);8*1H4. The fourth-order valence-corrected chi connectivity index (χ4v) is 5.14. The van der Waals surface area contributed by atoms with Crippen LogP contribution in [0.5, 0.6) is 0 Å². The average molecular weight is 1010 g/mol. The highest BCUT2D eigenvalue weighted by atomic mass is 32.2. The molecule has 71 heavy (non-hydrogen) atoms. The Morgan fingerprint density at radius 1 is 0.648 bits per heavy atom. The van der Waals surface area contributed by atoms with Gasteiger partial charge in [0.05, 0.1) is 17.4 Å². The predicted octanol–water partition coefficient (Wildman–Crippen LogP) is 11.6.